The molecule has 0 unspecified atom stereocenters. The second-order valence-electron chi connectivity index (χ2n) is 8.17. The van der Waals surface area contributed by atoms with E-state index >= 15 is 0 Å². The molecule has 1 saturated carbocycles. The molecule has 3 aromatic rings. The van der Waals surface area contributed by atoms with Crippen LogP contribution in [0.15, 0.2) is 36.4 Å². The molecule has 1 aliphatic heterocycles. The normalized spacial score (nSPS) is 17.9. The Morgan fingerprint density at radius 1 is 1.11 bits per heavy atom. The highest BCUT2D eigenvalue weighted by Gasteiger charge is 2.32. The fraction of sp³-hybridized carbons (Fsp3) is 0.455. The summed E-state index contributed by atoms with van der Waals surface area (Å²) >= 11 is 0. The Bertz CT molecular complexity index is 933. The van der Waals surface area contributed by atoms with Crippen molar-refractivity contribution in [3.8, 4) is 22.8 Å². The first-order chi connectivity index (χ1) is 13.2. The van der Waals surface area contributed by atoms with Crippen molar-refractivity contribution >= 4 is 0 Å². The number of benzene rings is 1. The molecule has 0 saturated heterocycles. The zero-order chi connectivity index (χ0) is 18.4. The van der Waals surface area contributed by atoms with E-state index in [1.165, 1.54) is 30.5 Å². The highest BCUT2D eigenvalue weighted by Crippen LogP contribution is 2.35. The number of fused-ring (bicyclic) bond motifs is 1. The lowest BCUT2D eigenvalue weighted by Gasteiger charge is -2.40. The molecule has 1 aromatic carbocycles. The summed E-state index contributed by atoms with van der Waals surface area (Å²) in [5, 5.41) is 7.77. The van der Waals surface area contributed by atoms with E-state index in [0.29, 0.717) is 5.92 Å². The highest BCUT2D eigenvalue weighted by molar-refractivity contribution is 5.67. The molecule has 1 aliphatic carbocycles. The smallest absolute Gasteiger partial charge is 0.161 e. The van der Waals surface area contributed by atoms with E-state index in [1.54, 1.807) is 0 Å². The molecule has 0 bridgehead atoms. The molecule has 5 rings (SSSR count). The molecule has 3 heterocycles. The van der Waals surface area contributed by atoms with Crippen LogP contribution in [0.3, 0.4) is 0 Å². The van der Waals surface area contributed by atoms with Gasteiger partial charge in [-0.1, -0.05) is 50.6 Å². The average Bonchev–Trinajstić information content (AvgIpc) is 3.25. The van der Waals surface area contributed by atoms with Crippen molar-refractivity contribution in [1.29, 1.82) is 0 Å². The van der Waals surface area contributed by atoms with Crippen LogP contribution in [0.4, 0.5) is 0 Å². The van der Waals surface area contributed by atoms with E-state index in [9.17, 15) is 0 Å². The van der Waals surface area contributed by atoms with E-state index in [4.69, 9.17) is 4.98 Å². The zero-order valence-corrected chi connectivity index (χ0v) is 16.2. The molecular formula is C22H27N5. The Kier molecular flexibility index (Phi) is 4.12. The van der Waals surface area contributed by atoms with E-state index in [-0.39, 0.29) is 0 Å². The van der Waals surface area contributed by atoms with Crippen LogP contribution in [-0.2, 0) is 13.1 Å². The summed E-state index contributed by atoms with van der Waals surface area (Å²) in [4.78, 5) is 7.75. The van der Waals surface area contributed by atoms with Crippen molar-refractivity contribution in [2.75, 3.05) is 6.54 Å². The van der Waals surface area contributed by atoms with Crippen molar-refractivity contribution in [2.24, 2.45) is 0 Å². The van der Waals surface area contributed by atoms with Crippen LogP contribution < -0.4 is 0 Å². The van der Waals surface area contributed by atoms with Gasteiger partial charge in [-0.2, -0.15) is 5.10 Å². The fourth-order valence-electron chi connectivity index (χ4n) is 4.22. The van der Waals surface area contributed by atoms with Gasteiger partial charge in [0.25, 0.3) is 0 Å². The minimum Gasteiger partial charge on any atom is -0.324 e. The maximum absolute atomic E-state index is 5.10. The topological polar surface area (TPSA) is 49.7 Å². The maximum atomic E-state index is 5.10. The molecular weight excluding hydrogens is 334 g/mol. The van der Waals surface area contributed by atoms with Crippen molar-refractivity contribution in [3.05, 3.63) is 47.8 Å². The number of aromatic nitrogens is 4. The molecule has 1 N–H and O–H groups in total. The van der Waals surface area contributed by atoms with Gasteiger partial charge in [0.05, 0.1) is 11.4 Å². The molecule has 5 nitrogen and oxygen atoms in total. The average molecular weight is 361 g/mol. The Balaban J connectivity index is 1.59. The Labute approximate surface area is 160 Å². The second-order valence-corrected chi connectivity index (χ2v) is 8.17. The maximum Gasteiger partial charge on any atom is 0.161 e. The van der Waals surface area contributed by atoms with Crippen molar-refractivity contribution < 1.29 is 0 Å². The second kappa shape index (κ2) is 6.64. The number of nitrogens with one attached hydrogen (secondary N) is 1. The first-order valence-electron chi connectivity index (χ1n) is 10.1. The monoisotopic (exact) mass is 361 g/mol. The SMILES string of the molecule is CC(C)c1cc(-c2nc(-c3ccccc3)c3n2CCN(C2CCC2)C3)n[nH]1. The van der Waals surface area contributed by atoms with Gasteiger partial charge >= 0.3 is 0 Å². The van der Waals surface area contributed by atoms with Gasteiger partial charge in [0, 0.05) is 36.9 Å². The molecule has 0 amide bonds. The van der Waals surface area contributed by atoms with Gasteiger partial charge in [-0.15, -0.1) is 0 Å². The van der Waals surface area contributed by atoms with Crippen molar-refractivity contribution in [1.82, 2.24) is 24.6 Å². The summed E-state index contributed by atoms with van der Waals surface area (Å²) in [6.07, 6.45) is 4.07. The first-order valence-corrected chi connectivity index (χ1v) is 10.1. The van der Waals surface area contributed by atoms with Gasteiger partial charge in [0.2, 0.25) is 0 Å². The first kappa shape index (κ1) is 16.8. The summed E-state index contributed by atoms with van der Waals surface area (Å²) in [7, 11) is 0. The molecule has 0 spiro atoms. The number of aromatic amines is 1. The minimum absolute atomic E-state index is 0.435. The molecule has 5 heteroatoms. The van der Waals surface area contributed by atoms with Crippen LogP contribution in [0.2, 0.25) is 0 Å². The third-order valence-electron chi connectivity index (χ3n) is 6.12. The summed E-state index contributed by atoms with van der Waals surface area (Å²) in [5.74, 6) is 1.44. The van der Waals surface area contributed by atoms with Gasteiger partial charge in [0.1, 0.15) is 5.69 Å². The van der Waals surface area contributed by atoms with Crippen LogP contribution in [-0.4, -0.2) is 37.2 Å². The Morgan fingerprint density at radius 3 is 2.59 bits per heavy atom. The van der Waals surface area contributed by atoms with Crippen LogP contribution >= 0.6 is 0 Å². The lowest BCUT2D eigenvalue weighted by molar-refractivity contribution is 0.0985. The van der Waals surface area contributed by atoms with E-state index in [1.807, 2.05) is 0 Å². The largest absolute Gasteiger partial charge is 0.324 e. The molecule has 0 radical (unpaired) electrons. The number of imidazole rings is 1. The molecule has 2 aromatic heterocycles. The zero-order valence-electron chi connectivity index (χ0n) is 16.2. The van der Waals surface area contributed by atoms with Crippen LogP contribution in [0, 0.1) is 0 Å². The molecule has 2 aliphatic rings. The van der Waals surface area contributed by atoms with Gasteiger partial charge in [-0.25, -0.2) is 4.98 Å². The van der Waals surface area contributed by atoms with Gasteiger partial charge in [-0.05, 0) is 24.8 Å². The lowest BCUT2D eigenvalue weighted by Crippen LogP contribution is -2.44. The molecule has 140 valence electrons. The van der Waals surface area contributed by atoms with Gasteiger partial charge < -0.3 is 4.57 Å². The minimum atomic E-state index is 0.435. The summed E-state index contributed by atoms with van der Waals surface area (Å²) in [6, 6.07) is 13.5. The third kappa shape index (κ3) is 2.90. The fourth-order valence-corrected chi connectivity index (χ4v) is 4.22. The predicted molar refractivity (Wildman–Crippen MR) is 107 cm³/mol. The Hall–Kier alpha value is -2.40. The number of hydrogen-bond acceptors (Lipinski definition) is 3. The number of hydrogen-bond donors (Lipinski definition) is 1. The van der Waals surface area contributed by atoms with E-state index in [2.05, 4.69) is 69.9 Å². The quantitative estimate of drug-likeness (QED) is 0.748. The summed E-state index contributed by atoms with van der Waals surface area (Å²) in [6.45, 7) is 7.46. The molecule has 1 fully saturated rings. The van der Waals surface area contributed by atoms with Gasteiger partial charge in [0.15, 0.2) is 5.82 Å². The van der Waals surface area contributed by atoms with Crippen molar-refractivity contribution in [2.45, 2.75) is 58.2 Å². The Morgan fingerprint density at radius 2 is 1.93 bits per heavy atom. The summed E-state index contributed by atoms with van der Waals surface area (Å²) in [5.41, 5.74) is 5.77. The lowest BCUT2D eigenvalue weighted by atomic mass is 9.91. The predicted octanol–water partition coefficient (Wildman–Crippen LogP) is 4.43. The van der Waals surface area contributed by atoms with Gasteiger partial charge in [-0.3, -0.25) is 10.00 Å². The molecule has 27 heavy (non-hydrogen) atoms. The standard InChI is InChI=1S/C22H27N5/c1-15(2)18-13-19(25-24-18)22-23-21(16-7-4-3-5-8-16)20-14-26(11-12-27(20)22)17-9-6-10-17/h3-5,7-8,13,15,17H,6,9-12,14H2,1-2H3,(H,24,25). The number of H-pyrrole nitrogens is 1. The molecule has 0 atom stereocenters. The van der Waals surface area contributed by atoms with E-state index < -0.39 is 0 Å². The summed E-state index contributed by atoms with van der Waals surface area (Å²) < 4.78 is 2.40. The van der Waals surface area contributed by atoms with Crippen LogP contribution in [0.25, 0.3) is 22.8 Å². The number of rotatable bonds is 4. The van der Waals surface area contributed by atoms with Crippen LogP contribution in [0.1, 0.15) is 50.4 Å². The highest BCUT2D eigenvalue weighted by atomic mass is 15.3. The number of nitrogens with zero attached hydrogens (tertiary/aromatic N) is 4. The third-order valence-corrected chi connectivity index (χ3v) is 6.12. The van der Waals surface area contributed by atoms with Crippen LogP contribution in [0.5, 0.6) is 0 Å². The van der Waals surface area contributed by atoms with E-state index in [0.717, 1.165) is 48.6 Å². The van der Waals surface area contributed by atoms with Crippen molar-refractivity contribution in [3.63, 3.8) is 0 Å².